The number of benzene rings is 1. The lowest BCUT2D eigenvalue weighted by Crippen LogP contribution is -2.35. The zero-order chi connectivity index (χ0) is 13.0. The van der Waals surface area contributed by atoms with Gasteiger partial charge < -0.3 is 9.64 Å². The Kier molecular flexibility index (Phi) is 4.55. The van der Waals surface area contributed by atoms with Crippen molar-refractivity contribution in [2.75, 3.05) is 14.1 Å². The Balaban J connectivity index is 2.85. The van der Waals surface area contributed by atoms with Gasteiger partial charge in [-0.15, -0.1) is 0 Å². The van der Waals surface area contributed by atoms with Crippen molar-refractivity contribution < 1.29 is 9.53 Å². The van der Waals surface area contributed by atoms with Gasteiger partial charge in [-0.3, -0.25) is 4.79 Å². The van der Waals surface area contributed by atoms with Crippen molar-refractivity contribution in [3.63, 3.8) is 0 Å². The van der Waals surface area contributed by atoms with Gasteiger partial charge in [0.25, 0.3) is 5.91 Å². The fourth-order valence-corrected chi connectivity index (χ4v) is 1.67. The molecule has 94 valence electrons. The maximum absolute atomic E-state index is 11.7. The maximum atomic E-state index is 11.7. The van der Waals surface area contributed by atoms with Crippen LogP contribution in [-0.2, 0) is 4.79 Å². The summed E-state index contributed by atoms with van der Waals surface area (Å²) in [5, 5.41) is 0. The zero-order valence-corrected chi connectivity index (χ0v) is 11.2. The molecule has 0 fully saturated rings. The SMILES string of the molecule is CC(C)c1ccccc1O[C@H](C)C(=O)N(C)C. The molecule has 0 heterocycles. The van der Waals surface area contributed by atoms with E-state index in [0.717, 1.165) is 11.3 Å². The molecule has 0 aromatic heterocycles. The quantitative estimate of drug-likeness (QED) is 0.803. The summed E-state index contributed by atoms with van der Waals surface area (Å²) in [4.78, 5) is 13.3. The lowest BCUT2D eigenvalue weighted by atomic mass is 10.0. The van der Waals surface area contributed by atoms with Crippen LogP contribution in [-0.4, -0.2) is 31.0 Å². The molecule has 3 heteroatoms. The molecule has 0 saturated carbocycles. The van der Waals surface area contributed by atoms with Crippen LogP contribution in [0, 0.1) is 0 Å². The normalized spacial score (nSPS) is 12.4. The molecule has 0 bridgehead atoms. The van der Waals surface area contributed by atoms with E-state index in [1.54, 1.807) is 25.9 Å². The van der Waals surface area contributed by atoms with Gasteiger partial charge in [-0.1, -0.05) is 32.0 Å². The highest BCUT2D eigenvalue weighted by atomic mass is 16.5. The summed E-state index contributed by atoms with van der Waals surface area (Å²) in [5.41, 5.74) is 1.13. The molecule has 1 atom stereocenters. The van der Waals surface area contributed by atoms with Crippen LogP contribution in [0.2, 0.25) is 0 Å². The molecule has 1 amide bonds. The number of amides is 1. The Morgan fingerprint density at radius 3 is 2.29 bits per heavy atom. The first-order valence-electron chi connectivity index (χ1n) is 5.90. The molecule has 1 aromatic carbocycles. The molecular weight excluding hydrogens is 214 g/mol. The molecule has 0 saturated heterocycles. The lowest BCUT2D eigenvalue weighted by Gasteiger charge is -2.20. The van der Waals surface area contributed by atoms with Crippen LogP contribution in [0.25, 0.3) is 0 Å². The molecule has 0 unspecified atom stereocenters. The zero-order valence-electron chi connectivity index (χ0n) is 11.2. The Morgan fingerprint density at radius 2 is 1.76 bits per heavy atom. The number of nitrogens with zero attached hydrogens (tertiary/aromatic N) is 1. The number of carbonyl (C=O) groups excluding carboxylic acids is 1. The van der Waals surface area contributed by atoms with Crippen LogP contribution in [0.3, 0.4) is 0 Å². The van der Waals surface area contributed by atoms with Crippen LogP contribution >= 0.6 is 0 Å². The van der Waals surface area contributed by atoms with Gasteiger partial charge in [0, 0.05) is 14.1 Å². The number of rotatable bonds is 4. The van der Waals surface area contributed by atoms with E-state index in [2.05, 4.69) is 13.8 Å². The van der Waals surface area contributed by atoms with E-state index >= 15 is 0 Å². The molecule has 3 nitrogen and oxygen atoms in total. The van der Waals surface area contributed by atoms with Crippen molar-refractivity contribution in [1.29, 1.82) is 0 Å². The van der Waals surface area contributed by atoms with Gasteiger partial charge in [0.1, 0.15) is 5.75 Å². The standard InChI is InChI=1S/C14H21NO2/c1-10(2)12-8-6-7-9-13(12)17-11(3)14(16)15(4)5/h6-11H,1-5H3/t11-/m1/s1. The van der Waals surface area contributed by atoms with Crippen molar-refractivity contribution in [2.45, 2.75) is 32.8 Å². The first kappa shape index (κ1) is 13.6. The van der Waals surface area contributed by atoms with E-state index in [1.165, 1.54) is 0 Å². The molecule has 1 rings (SSSR count). The number of hydrogen-bond donors (Lipinski definition) is 0. The van der Waals surface area contributed by atoms with E-state index in [1.807, 2.05) is 24.3 Å². The number of para-hydroxylation sites is 1. The molecule has 0 spiro atoms. The van der Waals surface area contributed by atoms with E-state index < -0.39 is 6.10 Å². The van der Waals surface area contributed by atoms with E-state index in [9.17, 15) is 4.79 Å². The van der Waals surface area contributed by atoms with Crippen LogP contribution in [0.5, 0.6) is 5.75 Å². The van der Waals surface area contributed by atoms with Gasteiger partial charge >= 0.3 is 0 Å². The molecule has 0 aliphatic carbocycles. The van der Waals surface area contributed by atoms with Gasteiger partial charge in [0.05, 0.1) is 0 Å². The number of carbonyl (C=O) groups is 1. The third-order valence-corrected chi connectivity index (χ3v) is 2.63. The van der Waals surface area contributed by atoms with Crippen molar-refractivity contribution in [1.82, 2.24) is 4.90 Å². The van der Waals surface area contributed by atoms with Crippen molar-refractivity contribution >= 4 is 5.91 Å². The topological polar surface area (TPSA) is 29.5 Å². The second kappa shape index (κ2) is 5.71. The second-order valence-electron chi connectivity index (χ2n) is 4.69. The highest BCUT2D eigenvalue weighted by molar-refractivity contribution is 5.80. The monoisotopic (exact) mass is 235 g/mol. The molecule has 0 aliphatic rings. The summed E-state index contributed by atoms with van der Waals surface area (Å²) in [6.45, 7) is 6.00. The Morgan fingerprint density at radius 1 is 1.18 bits per heavy atom. The lowest BCUT2D eigenvalue weighted by molar-refractivity contribution is -0.135. The molecular formula is C14H21NO2. The largest absolute Gasteiger partial charge is 0.481 e. The minimum atomic E-state index is -0.454. The fraction of sp³-hybridized carbons (Fsp3) is 0.500. The number of likely N-dealkylation sites (N-methyl/N-ethyl adjacent to an activating group) is 1. The highest BCUT2D eigenvalue weighted by Gasteiger charge is 2.18. The van der Waals surface area contributed by atoms with Crippen LogP contribution in [0.4, 0.5) is 0 Å². The second-order valence-corrected chi connectivity index (χ2v) is 4.69. The fourth-order valence-electron chi connectivity index (χ4n) is 1.67. The Bertz CT molecular complexity index is 386. The Hall–Kier alpha value is -1.51. The van der Waals surface area contributed by atoms with Gasteiger partial charge in [-0.05, 0) is 24.5 Å². The van der Waals surface area contributed by atoms with Gasteiger partial charge in [-0.25, -0.2) is 0 Å². The minimum absolute atomic E-state index is 0.0245. The predicted molar refractivity (Wildman–Crippen MR) is 69.3 cm³/mol. The van der Waals surface area contributed by atoms with E-state index in [4.69, 9.17) is 4.74 Å². The maximum Gasteiger partial charge on any atom is 0.262 e. The van der Waals surface area contributed by atoms with Crippen molar-refractivity contribution in [3.05, 3.63) is 29.8 Å². The molecule has 0 aliphatic heterocycles. The van der Waals surface area contributed by atoms with Crippen LogP contribution in [0.15, 0.2) is 24.3 Å². The number of hydrogen-bond acceptors (Lipinski definition) is 2. The third-order valence-electron chi connectivity index (χ3n) is 2.63. The highest BCUT2D eigenvalue weighted by Crippen LogP contribution is 2.26. The van der Waals surface area contributed by atoms with Gasteiger partial charge in [0.2, 0.25) is 0 Å². The minimum Gasteiger partial charge on any atom is -0.481 e. The summed E-state index contributed by atoms with van der Waals surface area (Å²) < 4.78 is 5.74. The van der Waals surface area contributed by atoms with E-state index in [-0.39, 0.29) is 5.91 Å². The number of ether oxygens (including phenoxy) is 1. The summed E-state index contributed by atoms with van der Waals surface area (Å²) in [5.74, 6) is 1.15. The average Bonchev–Trinajstić information content (AvgIpc) is 2.28. The Labute approximate surface area is 103 Å². The van der Waals surface area contributed by atoms with Gasteiger partial charge in [0.15, 0.2) is 6.10 Å². The predicted octanol–water partition coefficient (Wildman–Crippen LogP) is 2.67. The molecule has 0 radical (unpaired) electrons. The molecule has 0 N–H and O–H groups in total. The summed E-state index contributed by atoms with van der Waals surface area (Å²) in [6.07, 6.45) is -0.454. The van der Waals surface area contributed by atoms with Crippen molar-refractivity contribution in [3.8, 4) is 5.75 Å². The van der Waals surface area contributed by atoms with Gasteiger partial charge in [-0.2, -0.15) is 0 Å². The summed E-state index contributed by atoms with van der Waals surface area (Å²) >= 11 is 0. The first-order valence-corrected chi connectivity index (χ1v) is 5.90. The van der Waals surface area contributed by atoms with E-state index in [0.29, 0.717) is 5.92 Å². The molecule has 17 heavy (non-hydrogen) atoms. The summed E-state index contributed by atoms with van der Waals surface area (Å²) in [7, 11) is 3.47. The van der Waals surface area contributed by atoms with Crippen molar-refractivity contribution in [2.24, 2.45) is 0 Å². The summed E-state index contributed by atoms with van der Waals surface area (Å²) in [6, 6.07) is 7.86. The van der Waals surface area contributed by atoms with Crippen LogP contribution in [0.1, 0.15) is 32.3 Å². The first-order chi connectivity index (χ1) is 7.93. The van der Waals surface area contributed by atoms with Crippen LogP contribution < -0.4 is 4.74 Å². The molecule has 1 aromatic rings. The smallest absolute Gasteiger partial charge is 0.262 e. The third kappa shape index (κ3) is 3.48. The average molecular weight is 235 g/mol.